The Morgan fingerprint density at radius 1 is 0.952 bits per heavy atom. The van der Waals surface area contributed by atoms with Crippen LogP contribution in [0.25, 0.3) is 0 Å². The normalized spacial score (nSPS) is 11.7. The van der Waals surface area contributed by atoms with Crippen LogP contribution in [0, 0.1) is 11.6 Å². The summed E-state index contributed by atoms with van der Waals surface area (Å²) in [5.41, 5.74) is 0.700. The fourth-order valence-corrected chi connectivity index (χ4v) is 3.34. The van der Waals surface area contributed by atoms with E-state index in [1.807, 2.05) is 0 Å². The topological polar surface area (TPSA) is 0 Å². The summed E-state index contributed by atoms with van der Waals surface area (Å²) in [7, 11) is 0. The van der Waals surface area contributed by atoms with Gasteiger partial charge in [-0.1, -0.05) is 34.1 Å². The van der Waals surface area contributed by atoms with Crippen LogP contribution in [0.1, 0.15) is 11.1 Å². The molecule has 0 aliphatic carbocycles. The fourth-order valence-electron chi connectivity index (χ4n) is 2.22. The van der Waals surface area contributed by atoms with Gasteiger partial charge in [0.05, 0.1) is 0 Å². The van der Waals surface area contributed by atoms with Gasteiger partial charge in [-0.25, -0.2) is 8.78 Å². The summed E-state index contributed by atoms with van der Waals surface area (Å²) in [5, 5.41) is 0. The highest BCUT2D eigenvalue weighted by molar-refractivity contribution is 9.10. The number of benzene rings is 2. The highest BCUT2D eigenvalue weighted by Gasteiger charge is 2.32. The molecule has 0 aliphatic heterocycles. The molecule has 0 saturated carbocycles. The van der Waals surface area contributed by atoms with Crippen LogP contribution in [0.15, 0.2) is 46.9 Å². The molecular formula is C16H13BrCl2F2. The molecule has 21 heavy (non-hydrogen) atoms. The third-order valence-electron chi connectivity index (χ3n) is 3.51. The van der Waals surface area contributed by atoms with E-state index < -0.39 is 5.41 Å². The van der Waals surface area contributed by atoms with Crippen LogP contribution < -0.4 is 0 Å². The van der Waals surface area contributed by atoms with Gasteiger partial charge in [0.15, 0.2) is 0 Å². The molecule has 5 heteroatoms. The van der Waals surface area contributed by atoms with Crippen molar-refractivity contribution >= 4 is 39.1 Å². The summed E-state index contributed by atoms with van der Waals surface area (Å²) in [5.74, 6) is -0.201. The largest absolute Gasteiger partial charge is 0.207 e. The zero-order chi connectivity index (χ0) is 15.5. The number of halogens is 5. The average molecular weight is 394 g/mol. The summed E-state index contributed by atoms with van der Waals surface area (Å²) in [6.45, 7) is 0. The monoisotopic (exact) mass is 392 g/mol. The second-order valence-electron chi connectivity index (χ2n) is 4.97. The van der Waals surface area contributed by atoms with E-state index in [0.29, 0.717) is 16.5 Å². The third-order valence-corrected chi connectivity index (χ3v) is 5.03. The average Bonchev–Trinajstić information content (AvgIpc) is 2.48. The van der Waals surface area contributed by atoms with Crippen LogP contribution in [0.2, 0.25) is 0 Å². The van der Waals surface area contributed by atoms with Crippen molar-refractivity contribution in [2.24, 2.45) is 0 Å². The number of alkyl halides is 2. The molecule has 0 unspecified atom stereocenters. The Morgan fingerprint density at radius 3 is 2.10 bits per heavy atom. The Balaban J connectivity index is 2.40. The lowest BCUT2D eigenvalue weighted by Gasteiger charge is -2.30. The third kappa shape index (κ3) is 3.77. The molecule has 112 valence electrons. The number of hydrogen-bond acceptors (Lipinski definition) is 0. The van der Waals surface area contributed by atoms with Crippen molar-refractivity contribution in [1.82, 2.24) is 0 Å². The van der Waals surface area contributed by atoms with E-state index in [4.69, 9.17) is 23.2 Å². The summed E-state index contributed by atoms with van der Waals surface area (Å²) >= 11 is 15.5. The SMILES string of the molecule is Fc1ccc(C(CCl)(CCl)Cc2ccc(Br)cc2F)cc1. The first-order chi connectivity index (χ1) is 10.0. The first kappa shape index (κ1) is 16.7. The van der Waals surface area contributed by atoms with Crippen molar-refractivity contribution < 1.29 is 8.78 Å². The molecule has 0 aliphatic rings. The standard InChI is InChI=1S/C16H13BrCl2F2/c17-13-4-1-11(15(21)7-13)8-16(9-18,10-19)12-2-5-14(20)6-3-12/h1-7H,8-10H2. The van der Waals surface area contributed by atoms with Crippen molar-refractivity contribution in [2.75, 3.05) is 11.8 Å². The van der Waals surface area contributed by atoms with Gasteiger partial charge in [0.1, 0.15) is 11.6 Å². The van der Waals surface area contributed by atoms with Crippen LogP contribution in [0.5, 0.6) is 0 Å². The molecule has 0 fully saturated rings. The van der Waals surface area contributed by atoms with E-state index in [-0.39, 0.29) is 23.4 Å². The lowest BCUT2D eigenvalue weighted by Crippen LogP contribution is -2.33. The molecule has 0 saturated heterocycles. The Morgan fingerprint density at radius 2 is 1.57 bits per heavy atom. The second kappa shape index (κ2) is 7.08. The van der Waals surface area contributed by atoms with Gasteiger partial charge < -0.3 is 0 Å². The van der Waals surface area contributed by atoms with Gasteiger partial charge in [-0.05, 0) is 41.8 Å². The molecule has 0 aromatic heterocycles. The van der Waals surface area contributed by atoms with Crippen molar-refractivity contribution in [3.05, 3.63) is 69.7 Å². The Hall–Kier alpha value is -0.640. The molecule has 0 amide bonds. The zero-order valence-electron chi connectivity index (χ0n) is 11.1. The molecule has 0 bridgehead atoms. The van der Waals surface area contributed by atoms with E-state index in [1.165, 1.54) is 18.2 Å². The predicted molar refractivity (Wildman–Crippen MR) is 87.3 cm³/mol. The van der Waals surface area contributed by atoms with Gasteiger partial charge in [-0.15, -0.1) is 23.2 Å². The molecule has 0 spiro atoms. The summed E-state index contributed by atoms with van der Waals surface area (Å²) in [6, 6.07) is 10.9. The van der Waals surface area contributed by atoms with Gasteiger partial charge in [-0.2, -0.15) is 0 Å². The van der Waals surface area contributed by atoms with Crippen molar-refractivity contribution in [3.63, 3.8) is 0 Å². The van der Waals surface area contributed by atoms with E-state index in [2.05, 4.69) is 15.9 Å². The van der Waals surface area contributed by atoms with Gasteiger partial charge in [-0.3, -0.25) is 0 Å². The zero-order valence-corrected chi connectivity index (χ0v) is 14.2. The number of hydrogen-bond donors (Lipinski definition) is 0. The van der Waals surface area contributed by atoms with Gasteiger partial charge in [0, 0.05) is 21.6 Å². The molecule has 2 aromatic rings. The minimum Gasteiger partial charge on any atom is -0.207 e. The molecule has 0 heterocycles. The van der Waals surface area contributed by atoms with Crippen LogP contribution in [0.3, 0.4) is 0 Å². The first-order valence-corrected chi connectivity index (χ1v) is 8.19. The quantitative estimate of drug-likeness (QED) is 0.572. The van der Waals surface area contributed by atoms with E-state index in [1.54, 1.807) is 24.3 Å². The first-order valence-electron chi connectivity index (χ1n) is 6.33. The van der Waals surface area contributed by atoms with Crippen molar-refractivity contribution in [3.8, 4) is 0 Å². The molecule has 0 N–H and O–H groups in total. The minimum atomic E-state index is -0.633. The molecule has 2 aromatic carbocycles. The summed E-state index contributed by atoms with van der Waals surface area (Å²) in [4.78, 5) is 0. The van der Waals surface area contributed by atoms with Crippen LogP contribution >= 0.6 is 39.1 Å². The van der Waals surface area contributed by atoms with Gasteiger partial charge in [0.25, 0.3) is 0 Å². The molecular weight excluding hydrogens is 381 g/mol. The molecule has 0 atom stereocenters. The molecule has 0 nitrogen and oxygen atoms in total. The van der Waals surface area contributed by atoms with E-state index >= 15 is 0 Å². The minimum absolute atomic E-state index is 0.220. The lowest BCUT2D eigenvalue weighted by atomic mass is 9.78. The van der Waals surface area contributed by atoms with Crippen LogP contribution in [0.4, 0.5) is 8.78 Å². The molecule has 2 rings (SSSR count). The Kier molecular flexibility index (Phi) is 5.64. The highest BCUT2D eigenvalue weighted by Crippen LogP contribution is 2.33. The number of rotatable bonds is 5. The van der Waals surface area contributed by atoms with E-state index in [0.717, 1.165) is 5.56 Å². The van der Waals surface area contributed by atoms with E-state index in [9.17, 15) is 8.78 Å². The fraction of sp³-hybridized carbons (Fsp3) is 0.250. The predicted octanol–water partition coefficient (Wildman–Crippen LogP) is 5.69. The van der Waals surface area contributed by atoms with Gasteiger partial charge in [0.2, 0.25) is 0 Å². The summed E-state index contributed by atoms with van der Waals surface area (Å²) in [6.07, 6.45) is 0.352. The maximum absolute atomic E-state index is 14.1. The highest BCUT2D eigenvalue weighted by atomic mass is 79.9. The summed E-state index contributed by atoms with van der Waals surface area (Å²) < 4.78 is 27.8. The smallest absolute Gasteiger partial charge is 0.127 e. The maximum Gasteiger partial charge on any atom is 0.127 e. The van der Waals surface area contributed by atoms with Gasteiger partial charge >= 0.3 is 0 Å². The molecule has 0 radical (unpaired) electrons. The van der Waals surface area contributed by atoms with Crippen molar-refractivity contribution in [2.45, 2.75) is 11.8 Å². The Bertz CT molecular complexity index is 610. The van der Waals surface area contributed by atoms with Crippen LogP contribution in [-0.2, 0) is 11.8 Å². The Labute approximate surface area is 141 Å². The lowest BCUT2D eigenvalue weighted by molar-refractivity contribution is 0.510. The van der Waals surface area contributed by atoms with Crippen molar-refractivity contribution in [1.29, 1.82) is 0 Å². The second-order valence-corrected chi connectivity index (χ2v) is 6.42. The maximum atomic E-state index is 14.1. The van der Waals surface area contributed by atoms with Crippen LogP contribution in [-0.4, -0.2) is 11.8 Å².